The first-order valence-corrected chi connectivity index (χ1v) is 6.85. The van der Waals surface area contributed by atoms with E-state index in [1.807, 2.05) is 32.0 Å². The first-order chi connectivity index (χ1) is 10.2. The zero-order chi connectivity index (χ0) is 15.2. The molecule has 0 aromatic carbocycles. The van der Waals surface area contributed by atoms with Crippen LogP contribution in [-0.2, 0) is 13.6 Å². The van der Waals surface area contributed by atoms with E-state index in [4.69, 9.17) is 5.84 Å². The molecular weight excluding hydrogens is 270 g/mol. The molecule has 114 valence electrons. The number of anilines is 3. The molecule has 0 fully saturated rings. The summed E-state index contributed by atoms with van der Waals surface area (Å²) in [4.78, 5) is 14.9. The predicted molar refractivity (Wildman–Crippen MR) is 81.7 cm³/mol. The van der Waals surface area contributed by atoms with Crippen molar-refractivity contribution in [3.8, 4) is 0 Å². The second-order valence-corrected chi connectivity index (χ2v) is 4.48. The number of hydrogen-bond acceptors (Lipinski definition) is 8. The first-order valence-electron chi connectivity index (χ1n) is 6.85. The van der Waals surface area contributed by atoms with Gasteiger partial charge in [0.25, 0.3) is 0 Å². The monoisotopic (exact) mass is 291 g/mol. The number of nitrogens with two attached hydrogens (primary N) is 1. The SMILES string of the molecule is CCN(CC)c1nc(NN)nc(NCc2cnn(C)c2)n1. The topological polar surface area (TPSA) is 110 Å². The van der Waals surface area contributed by atoms with Crippen molar-refractivity contribution >= 4 is 17.8 Å². The number of nitrogens with one attached hydrogen (secondary N) is 2. The van der Waals surface area contributed by atoms with Gasteiger partial charge in [0.15, 0.2) is 0 Å². The molecule has 2 aromatic rings. The lowest BCUT2D eigenvalue weighted by atomic mass is 10.4. The largest absolute Gasteiger partial charge is 0.350 e. The Balaban J connectivity index is 2.16. The summed E-state index contributed by atoms with van der Waals surface area (Å²) in [6.07, 6.45) is 3.73. The van der Waals surface area contributed by atoms with E-state index in [0.29, 0.717) is 24.4 Å². The Bertz CT molecular complexity index is 576. The zero-order valence-electron chi connectivity index (χ0n) is 12.5. The van der Waals surface area contributed by atoms with Crippen LogP contribution in [0.5, 0.6) is 0 Å². The number of nitrogen functional groups attached to an aromatic ring is 1. The molecule has 0 bridgehead atoms. The van der Waals surface area contributed by atoms with Crippen LogP contribution in [0.25, 0.3) is 0 Å². The summed E-state index contributed by atoms with van der Waals surface area (Å²) >= 11 is 0. The van der Waals surface area contributed by atoms with Crippen LogP contribution in [-0.4, -0.2) is 37.8 Å². The van der Waals surface area contributed by atoms with E-state index in [9.17, 15) is 0 Å². The Labute approximate surface area is 123 Å². The summed E-state index contributed by atoms with van der Waals surface area (Å²) < 4.78 is 1.75. The molecule has 0 aliphatic rings. The van der Waals surface area contributed by atoms with Gasteiger partial charge in [-0.3, -0.25) is 10.1 Å². The highest BCUT2D eigenvalue weighted by Crippen LogP contribution is 2.13. The molecule has 4 N–H and O–H groups in total. The molecule has 0 saturated carbocycles. The number of hydrogen-bond donors (Lipinski definition) is 3. The molecular formula is C12H21N9. The molecule has 0 radical (unpaired) electrons. The maximum Gasteiger partial charge on any atom is 0.243 e. The second-order valence-electron chi connectivity index (χ2n) is 4.48. The third kappa shape index (κ3) is 3.78. The standard InChI is InChI=1S/C12H21N9/c1-4-21(5-2)12-17-10(16-11(18-12)19-13)14-6-9-7-15-20(3)8-9/h7-8H,4-6,13H2,1-3H3,(H2,14,16,17,18,19). The molecule has 0 aliphatic heterocycles. The Morgan fingerprint density at radius 2 is 1.90 bits per heavy atom. The molecule has 0 saturated heterocycles. The van der Waals surface area contributed by atoms with E-state index in [2.05, 4.69) is 30.8 Å². The fourth-order valence-corrected chi connectivity index (χ4v) is 1.90. The molecule has 0 atom stereocenters. The molecule has 2 aromatic heterocycles. The Kier molecular flexibility index (Phi) is 4.88. The molecule has 0 spiro atoms. The van der Waals surface area contributed by atoms with Crippen LogP contribution in [0.2, 0.25) is 0 Å². The van der Waals surface area contributed by atoms with Crippen LogP contribution in [0.1, 0.15) is 19.4 Å². The van der Waals surface area contributed by atoms with Gasteiger partial charge in [-0.05, 0) is 13.8 Å². The summed E-state index contributed by atoms with van der Waals surface area (Å²) in [5.41, 5.74) is 3.51. The van der Waals surface area contributed by atoms with Gasteiger partial charge in [-0.15, -0.1) is 0 Å². The van der Waals surface area contributed by atoms with Gasteiger partial charge in [-0.1, -0.05) is 0 Å². The van der Waals surface area contributed by atoms with E-state index in [0.717, 1.165) is 18.7 Å². The van der Waals surface area contributed by atoms with Crippen LogP contribution >= 0.6 is 0 Å². The van der Waals surface area contributed by atoms with Gasteiger partial charge in [-0.25, -0.2) is 5.84 Å². The second kappa shape index (κ2) is 6.84. The van der Waals surface area contributed by atoms with E-state index in [-0.39, 0.29) is 0 Å². The van der Waals surface area contributed by atoms with Crippen molar-refractivity contribution in [1.82, 2.24) is 24.7 Å². The van der Waals surface area contributed by atoms with Crippen molar-refractivity contribution in [3.05, 3.63) is 18.0 Å². The van der Waals surface area contributed by atoms with Gasteiger partial charge in [0, 0.05) is 38.4 Å². The van der Waals surface area contributed by atoms with Crippen molar-refractivity contribution < 1.29 is 0 Å². The highest BCUT2D eigenvalue weighted by molar-refractivity contribution is 5.43. The highest BCUT2D eigenvalue weighted by Gasteiger charge is 2.10. The van der Waals surface area contributed by atoms with Crippen LogP contribution in [0, 0.1) is 0 Å². The number of hydrazine groups is 1. The average molecular weight is 291 g/mol. The van der Waals surface area contributed by atoms with Crippen LogP contribution < -0.4 is 21.5 Å². The molecule has 0 unspecified atom stereocenters. The summed E-state index contributed by atoms with van der Waals surface area (Å²) in [5, 5.41) is 7.27. The van der Waals surface area contributed by atoms with E-state index in [1.54, 1.807) is 10.9 Å². The van der Waals surface area contributed by atoms with E-state index >= 15 is 0 Å². The lowest BCUT2D eigenvalue weighted by Gasteiger charge is -2.19. The Morgan fingerprint density at radius 1 is 1.19 bits per heavy atom. The summed E-state index contributed by atoms with van der Waals surface area (Å²) in [6, 6.07) is 0. The minimum atomic E-state index is 0.334. The Hall–Kier alpha value is -2.42. The minimum absolute atomic E-state index is 0.334. The fourth-order valence-electron chi connectivity index (χ4n) is 1.90. The molecule has 0 aliphatic carbocycles. The van der Waals surface area contributed by atoms with Crippen LogP contribution in [0.3, 0.4) is 0 Å². The van der Waals surface area contributed by atoms with Crippen LogP contribution in [0.15, 0.2) is 12.4 Å². The number of rotatable bonds is 7. The van der Waals surface area contributed by atoms with Gasteiger partial charge in [0.05, 0.1) is 6.20 Å². The molecule has 0 amide bonds. The number of aryl methyl sites for hydroxylation is 1. The van der Waals surface area contributed by atoms with Crippen molar-refractivity contribution in [2.24, 2.45) is 12.9 Å². The summed E-state index contributed by atoms with van der Waals surface area (Å²) in [5.74, 6) is 6.82. The fraction of sp³-hybridized carbons (Fsp3) is 0.500. The third-order valence-corrected chi connectivity index (χ3v) is 3.01. The molecule has 9 heteroatoms. The van der Waals surface area contributed by atoms with Gasteiger partial charge in [-0.2, -0.15) is 20.1 Å². The van der Waals surface area contributed by atoms with Crippen molar-refractivity contribution in [2.45, 2.75) is 20.4 Å². The zero-order valence-corrected chi connectivity index (χ0v) is 12.5. The predicted octanol–water partition coefficient (Wildman–Crippen LogP) is 0.349. The van der Waals surface area contributed by atoms with Gasteiger partial charge in [0.2, 0.25) is 17.8 Å². The van der Waals surface area contributed by atoms with Gasteiger partial charge < -0.3 is 10.2 Å². The van der Waals surface area contributed by atoms with E-state index < -0.39 is 0 Å². The smallest absolute Gasteiger partial charge is 0.243 e. The van der Waals surface area contributed by atoms with Crippen LogP contribution in [0.4, 0.5) is 17.8 Å². The van der Waals surface area contributed by atoms with E-state index in [1.165, 1.54) is 0 Å². The Morgan fingerprint density at radius 3 is 2.48 bits per heavy atom. The number of nitrogens with zero attached hydrogens (tertiary/aromatic N) is 6. The van der Waals surface area contributed by atoms with Crippen molar-refractivity contribution in [2.75, 3.05) is 28.7 Å². The summed E-state index contributed by atoms with van der Waals surface area (Å²) in [7, 11) is 1.88. The lowest BCUT2D eigenvalue weighted by Crippen LogP contribution is -2.26. The summed E-state index contributed by atoms with van der Waals surface area (Å²) in [6.45, 7) is 6.30. The minimum Gasteiger partial charge on any atom is -0.350 e. The average Bonchev–Trinajstić information content (AvgIpc) is 2.92. The maximum atomic E-state index is 5.42. The van der Waals surface area contributed by atoms with Crippen molar-refractivity contribution in [3.63, 3.8) is 0 Å². The molecule has 2 heterocycles. The van der Waals surface area contributed by atoms with Gasteiger partial charge in [0.1, 0.15) is 0 Å². The molecule has 9 nitrogen and oxygen atoms in total. The lowest BCUT2D eigenvalue weighted by molar-refractivity contribution is 0.767. The molecule has 21 heavy (non-hydrogen) atoms. The first kappa shape index (κ1) is 15.0. The maximum absolute atomic E-state index is 5.42. The van der Waals surface area contributed by atoms with Gasteiger partial charge >= 0.3 is 0 Å². The highest BCUT2D eigenvalue weighted by atomic mass is 15.4. The number of aromatic nitrogens is 5. The quantitative estimate of drug-likeness (QED) is 0.495. The normalized spacial score (nSPS) is 10.5. The molecule has 2 rings (SSSR count). The van der Waals surface area contributed by atoms with Crippen molar-refractivity contribution in [1.29, 1.82) is 0 Å². The third-order valence-electron chi connectivity index (χ3n) is 3.01.